The molecule has 0 bridgehead atoms. The molecule has 33 heavy (non-hydrogen) atoms. The Morgan fingerprint density at radius 1 is 0.667 bits per heavy atom. The van der Waals surface area contributed by atoms with E-state index in [9.17, 15) is 0 Å². The van der Waals surface area contributed by atoms with Crippen LogP contribution in [0.3, 0.4) is 0 Å². The van der Waals surface area contributed by atoms with Crippen LogP contribution in [0.5, 0.6) is 5.88 Å². The van der Waals surface area contributed by atoms with Crippen molar-refractivity contribution in [3.8, 4) is 17.1 Å². The Morgan fingerprint density at radius 3 is 1.76 bits per heavy atom. The van der Waals surface area contributed by atoms with E-state index in [0.29, 0.717) is 18.4 Å². The van der Waals surface area contributed by atoms with Gasteiger partial charge >= 0.3 is 0 Å². The van der Waals surface area contributed by atoms with E-state index < -0.39 is 0 Å². The zero-order valence-corrected chi connectivity index (χ0v) is 21.7. The van der Waals surface area contributed by atoms with E-state index >= 15 is 0 Å². The molecule has 0 saturated heterocycles. The molecule has 184 valence electrons. The number of unbranched alkanes of at least 4 members (excludes halogenated alkanes) is 12. The van der Waals surface area contributed by atoms with Crippen molar-refractivity contribution in [2.45, 2.75) is 117 Å². The molecule has 0 saturated carbocycles. The SMILES string of the molecule is CCCCCCCCCCCCCCCc1ccc(-c2ccc(OCC(C)CC)nn2)cc1. The highest BCUT2D eigenvalue weighted by Crippen LogP contribution is 2.20. The van der Waals surface area contributed by atoms with Gasteiger partial charge < -0.3 is 4.74 Å². The average molecular weight is 453 g/mol. The van der Waals surface area contributed by atoms with E-state index in [1.54, 1.807) is 0 Å². The standard InChI is InChI=1S/C30H48N2O/c1-4-6-7-8-9-10-11-12-13-14-15-16-17-18-27-19-21-28(22-20-27)29-23-24-30(32-31-29)33-25-26(3)5-2/h19-24,26H,4-18,25H2,1-3H3. The number of hydrogen-bond donors (Lipinski definition) is 0. The summed E-state index contributed by atoms with van der Waals surface area (Å²) in [5.74, 6) is 1.15. The molecule has 0 N–H and O–H groups in total. The van der Waals surface area contributed by atoms with Crippen molar-refractivity contribution in [3.05, 3.63) is 42.0 Å². The lowest BCUT2D eigenvalue weighted by molar-refractivity contribution is 0.245. The number of ether oxygens (including phenoxy) is 1. The van der Waals surface area contributed by atoms with Gasteiger partial charge in [0.05, 0.1) is 12.3 Å². The molecule has 2 rings (SSSR count). The molecule has 1 aromatic heterocycles. The normalized spacial score (nSPS) is 12.1. The maximum atomic E-state index is 5.71. The predicted octanol–water partition coefficient (Wildman–Crippen LogP) is 9.20. The monoisotopic (exact) mass is 452 g/mol. The number of aromatic nitrogens is 2. The van der Waals surface area contributed by atoms with Crippen LogP contribution >= 0.6 is 0 Å². The molecule has 1 unspecified atom stereocenters. The highest BCUT2D eigenvalue weighted by atomic mass is 16.5. The van der Waals surface area contributed by atoms with Crippen molar-refractivity contribution in [1.29, 1.82) is 0 Å². The summed E-state index contributed by atoms with van der Waals surface area (Å²) in [4.78, 5) is 0. The van der Waals surface area contributed by atoms with E-state index in [1.165, 1.54) is 95.5 Å². The molecule has 1 aromatic carbocycles. The maximum Gasteiger partial charge on any atom is 0.233 e. The molecule has 1 heterocycles. The van der Waals surface area contributed by atoms with Crippen LogP contribution in [-0.2, 0) is 6.42 Å². The Labute approximate surface area is 203 Å². The Morgan fingerprint density at radius 2 is 1.24 bits per heavy atom. The van der Waals surface area contributed by atoms with Gasteiger partial charge in [-0.05, 0) is 30.4 Å². The molecule has 3 nitrogen and oxygen atoms in total. The first-order valence-electron chi connectivity index (χ1n) is 13.8. The van der Waals surface area contributed by atoms with Gasteiger partial charge in [-0.15, -0.1) is 10.2 Å². The third-order valence-corrected chi connectivity index (χ3v) is 6.67. The van der Waals surface area contributed by atoms with Crippen molar-refractivity contribution in [2.75, 3.05) is 6.61 Å². The summed E-state index contributed by atoms with van der Waals surface area (Å²) in [5, 5.41) is 8.57. The van der Waals surface area contributed by atoms with Gasteiger partial charge in [-0.2, -0.15) is 0 Å². The second-order valence-corrected chi connectivity index (χ2v) is 9.77. The first-order chi connectivity index (χ1) is 16.2. The van der Waals surface area contributed by atoms with Crippen LogP contribution in [0.4, 0.5) is 0 Å². The highest BCUT2D eigenvalue weighted by molar-refractivity contribution is 5.59. The van der Waals surface area contributed by atoms with Gasteiger partial charge in [0.1, 0.15) is 0 Å². The van der Waals surface area contributed by atoms with Gasteiger partial charge in [0, 0.05) is 11.6 Å². The topological polar surface area (TPSA) is 35.0 Å². The molecule has 0 amide bonds. The molecule has 0 aliphatic carbocycles. The van der Waals surface area contributed by atoms with Crippen molar-refractivity contribution in [2.24, 2.45) is 5.92 Å². The van der Waals surface area contributed by atoms with Crippen LogP contribution in [0.25, 0.3) is 11.3 Å². The summed E-state index contributed by atoms with van der Waals surface area (Å²) < 4.78 is 5.71. The summed E-state index contributed by atoms with van der Waals surface area (Å²) in [6, 6.07) is 12.7. The Hall–Kier alpha value is -1.90. The van der Waals surface area contributed by atoms with Crippen molar-refractivity contribution >= 4 is 0 Å². The molecule has 2 aromatic rings. The predicted molar refractivity (Wildman–Crippen MR) is 142 cm³/mol. The molecular formula is C30H48N2O. The molecule has 3 heteroatoms. The van der Waals surface area contributed by atoms with Gasteiger partial charge in [0.2, 0.25) is 5.88 Å². The number of hydrogen-bond acceptors (Lipinski definition) is 3. The fourth-order valence-corrected chi connectivity index (χ4v) is 4.09. The minimum atomic E-state index is 0.536. The second-order valence-electron chi connectivity index (χ2n) is 9.77. The van der Waals surface area contributed by atoms with Crippen molar-refractivity contribution in [3.63, 3.8) is 0 Å². The minimum absolute atomic E-state index is 0.536. The van der Waals surface area contributed by atoms with E-state index in [1.807, 2.05) is 12.1 Å². The van der Waals surface area contributed by atoms with Crippen LogP contribution < -0.4 is 4.74 Å². The fraction of sp³-hybridized carbons (Fsp3) is 0.667. The third kappa shape index (κ3) is 12.2. The summed E-state index contributed by atoms with van der Waals surface area (Å²) in [5.41, 5.74) is 3.44. The molecule has 1 atom stereocenters. The van der Waals surface area contributed by atoms with Gasteiger partial charge in [-0.25, -0.2) is 0 Å². The van der Waals surface area contributed by atoms with E-state index in [-0.39, 0.29) is 0 Å². The fourth-order valence-electron chi connectivity index (χ4n) is 4.09. The first-order valence-corrected chi connectivity index (χ1v) is 13.8. The number of aryl methyl sites for hydroxylation is 1. The largest absolute Gasteiger partial charge is 0.476 e. The molecular weight excluding hydrogens is 404 g/mol. The quantitative estimate of drug-likeness (QED) is 0.199. The summed E-state index contributed by atoms with van der Waals surface area (Å²) in [6.45, 7) is 7.34. The van der Waals surface area contributed by atoms with Gasteiger partial charge in [0.25, 0.3) is 0 Å². The van der Waals surface area contributed by atoms with Gasteiger partial charge in [-0.3, -0.25) is 0 Å². The average Bonchev–Trinajstić information content (AvgIpc) is 2.86. The molecule has 0 aliphatic rings. The van der Waals surface area contributed by atoms with Crippen LogP contribution in [0.1, 0.15) is 116 Å². The number of rotatable bonds is 19. The van der Waals surface area contributed by atoms with E-state index in [2.05, 4.69) is 55.2 Å². The Bertz CT molecular complexity index is 711. The highest BCUT2D eigenvalue weighted by Gasteiger charge is 2.05. The van der Waals surface area contributed by atoms with Gasteiger partial charge in [0.15, 0.2) is 0 Å². The smallest absolute Gasteiger partial charge is 0.233 e. The summed E-state index contributed by atoms with van der Waals surface area (Å²) in [6.07, 6.45) is 20.6. The Balaban J connectivity index is 1.54. The van der Waals surface area contributed by atoms with Gasteiger partial charge in [-0.1, -0.05) is 129 Å². The van der Waals surface area contributed by atoms with Crippen LogP contribution in [-0.4, -0.2) is 16.8 Å². The number of nitrogens with zero attached hydrogens (tertiary/aromatic N) is 2. The Kier molecular flexibility index (Phi) is 14.6. The zero-order valence-electron chi connectivity index (χ0n) is 21.7. The summed E-state index contributed by atoms with van der Waals surface area (Å²) >= 11 is 0. The van der Waals surface area contributed by atoms with Crippen LogP contribution in [0.15, 0.2) is 36.4 Å². The van der Waals surface area contributed by atoms with Crippen molar-refractivity contribution < 1.29 is 4.74 Å². The summed E-state index contributed by atoms with van der Waals surface area (Å²) in [7, 11) is 0. The van der Waals surface area contributed by atoms with E-state index in [4.69, 9.17) is 4.74 Å². The molecule has 0 radical (unpaired) electrons. The molecule has 0 aliphatic heterocycles. The molecule has 0 spiro atoms. The van der Waals surface area contributed by atoms with Crippen molar-refractivity contribution in [1.82, 2.24) is 10.2 Å². The van der Waals surface area contributed by atoms with Crippen LogP contribution in [0, 0.1) is 5.92 Å². The maximum absolute atomic E-state index is 5.71. The van der Waals surface area contributed by atoms with E-state index in [0.717, 1.165) is 17.7 Å². The molecule has 0 fully saturated rings. The number of benzene rings is 1. The second kappa shape index (κ2) is 17.6. The van der Waals surface area contributed by atoms with Crippen LogP contribution in [0.2, 0.25) is 0 Å². The minimum Gasteiger partial charge on any atom is -0.476 e. The lowest BCUT2D eigenvalue weighted by atomic mass is 10.0. The first kappa shape index (κ1) is 27.3. The lowest BCUT2D eigenvalue weighted by Crippen LogP contribution is -2.08. The zero-order chi connectivity index (χ0) is 23.6. The third-order valence-electron chi connectivity index (χ3n) is 6.67. The lowest BCUT2D eigenvalue weighted by Gasteiger charge is -2.10.